The van der Waals surface area contributed by atoms with Gasteiger partial charge in [-0.25, -0.2) is 9.78 Å². The van der Waals surface area contributed by atoms with Crippen molar-refractivity contribution in [2.45, 2.75) is 6.61 Å². The molecule has 0 amide bonds. The largest absolute Gasteiger partial charge is 0.463 e. The summed E-state index contributed by atoms with van der Waals surface area (Å²) in [4.78, 5) is 15.9. The fourth-order valence-electron chi connectivity index (χ4n) is 1.58. The molecule has 0 aliphatic heterocycles. The average molecular weight is 326 g/mol. The maximum absolute atomic E-state index is 11.6. The van der Waals surface area contributed by atoms with E-state index in [0.717, 1.165) is 10.0 Å². The van der Waals surface area contributed by atoms with Crippen LogP contribution in [0.2, 0.25) is 0 Å². The molecule has 19 heavy (non-hydrogen) atoms. The van der Waals surface area contributed by atoms with Crippen LogP contribution in [0.25, 0.3) is 11.5 Å². The fraction of sp³-hybridized carbons (Fsp3) is 0.231. The van der Waals surface area contributed by atoms with E-state index in [1.165, 1.54) is 14.2 Å². The highest BCUT2D eigenvalue weighted by atomic mass is 79.9. The molecule has 0 unspecified atom stereocenters. The predicted molar refractivity (Wildman–Crippen MR) is 71.7 cm³/mol. The number of rotatable bonds is 4. The topological polar surface area (TPSA) is 61.6 Å². The van der Waals surface area contributed by atoms with Crippen LogP contribution in [0.15, 0.2) is 33.2 Å². The van der Waals surface area contributed by atoms with Crippen LogP contribution >= 0.6 is 15.9 Å². The van der Waals surface area contributed by atoms with E-state index in [1.54, 1.807) is 0 Å². The van der Waals surface area contributed by atoms with Crippen molar-refractivity contribution in [2.75, 3.05) is 14.2 Å². The Hall–Kier alpha value is -1.66. The van der Waals surface area contributed by atoms with E-state index < -0.39 is 5.97 Å². The van der Waals surface area contributed by atoms with Crippen molar-refractivity contribution in [3.63, 3.8) is 0 Å². The van der Waals surface area contributed by atoms with Crippen LogP contribution in [0.3, 0.4) is 0 Å². The van der Waals surface area contributed by atoms with Gasteiger partial charge in [0.1, 0.15) is 5.69 Å². The Bertz CT molecular complexity index is 594. The number of methoxy groups -OCH3 is 2. The van der Waals surface area contributed by atoms with Crippen molar-refractivity contribution in [2.24, 2.45) is 0 Å². The highest BCUT2D eigenvalue weighted by Crippen LogP contribution is 2.25. The van der Waals surface area contributed by atoms with Gasteiger partial charge >= 0.3 is 5.97 Å². The monoisotopic (exact) mass is 325 g/mol. The number of aromatic nitrogens is 1. The Labute approximate surface area is 118 Å². The Morgan fingerprint density at radius 2 is 2.21 bits per heavy atom. The number of carbonyl (C=O) groups excluding carboxylic acids is 1. The van der Waals surface area contributed by atoms with Gasteiger partial charge in [-0.15, -0.1) is 0 Å². The molecule has 0 spiro atoms. The van der Waals surface area contributed by atoms with Crippen LogP contribution in [0.1, 0.15) is 16.2 Å². The molecule has 0 atom stereocenters. The van der Waals surface area contributed by atoms with Crippen molar-refractivity contribution < 1.29 is 18.7 Å². The SMILES string of the molecule is COCc1nc(-c2cccc(Br)c2)oc1C(=O)OC. The zero-order valence-corrected chi connectivity index (χ0v) is 12.1. The third-order valence-corrected chi connectivity index (χ3v) is 2.91. The molecule has 2 aromatic rings. The normalized spacial score (nSPS) is 10.5. The first kappa shape index (κ1) is 13.8. The number of ether oxygens (including phenoxy) is 2. The number of hydrogen-bond donors (Lipinski definition) is 0. The fourth-order valence-corrected chi connectivity index (χ4v) is 1.98. The second-order valence-corrected chi connectivity index (χ2v) is 4.65. The van der Waals surface area contributed by atoms with Gasteiger partial charge in [-0.05, 0) is 18.2 Å². The number of carbonyl (C=O) groups is 1. The second-order valence-electron chi connectivity index (χ2n) is 3.73. The molecule has 0 saturated carbocycles. The first-order valence-electron chi connectivity index (χ1n) is 5.48. The number of oxazole rings is 1. The van der Waals surface area contributed by atoms with Gasteiger partial charge in [0, 0.05) is 17.1 Å². The molecular formula is C13H12BrNO4. The molecule has 6 heteroatoms. The zero-order valence-electron chi connectivity index (χ0n) is 10.5. The molecule has 1 aromatic heterocycles. The summed E-state index contributed by atoms with van der Waals surface area (Å²) in [6.45, 7) is 0.182. The van der Waals surface area contributed by atoms with Gasteiger partial charge in [0.15, 0.2) is 0 Å². The summed E-state index contributed by atoms with van der Waals surface area (Å²) < 4.78 is 16.0. The maximum Gasteiger partial charge on any atom is 0.376 e. The smallest absolute Gasteiger partial charge is 0.376 e. The first-order chi connectivity index (χ1) is 9.15. The van der Waals surface area contributed by atoms with Crippen LogP contribution in [-0.2, 0) is 16.1 Å². The lowest BCUT2D eigenvalue weighted by Gasteiger charge is -1.97. The molecule has 1 aromatic carbocycles. The summed E-state index contributed by atoms with van der Waals surface area (Å²) in [7, 11) is 2.81. The van der Waals surface area contributed by atoms with E-state index in [0.29, 0.717) is 11.6 Å². The lowest BCUT2D eigenvalue weighted by atomic mass is 10.2. The van der Waals surface area contributed by atoms with E-state index >= 15 is 0 Å². The van der Waals surface area contributed by atoms with Gasteiger partial charge in [-0.1, -0.05) is 22.0 Å². The van der Waals surface area contributed by atoms with Gasteiger partial charge in [-0.3, -0.25) is 0 Å². The molecular weight excluding hydrogens is 314 g/mol. The summed E-state index contributed by atoms with van der Waals surface area (Å²) in [5.41, 5.74) is 1.19. The molecule has 0 aliphatic carbocycles. The van der Waals surface area contributed by atoms with E-state index in [2.05, 4.69) is 25.7 Å². The van der Waals surface area contributed by atoms with Crippen molar-refractivity contribution in [3.05, 3.63) is 40.2 Å². The van der Waals surface area contributed by atoms with Crippen LogP contribution in [0.4, 0.5) is 0 Å². The summed E-state index contributed by atoms with van der Waals surface area (Å²) >= 11 is 3.37. The molecule has 0 fully saturated rings. The van der Waals surface area contributed by atoms with Crippen molar-refractivity contribution in [1.29, 1.82) is 0 Å². The number of benzene rings is 1. The number of hydrogen-bond acceptors (Lipinski definition) is 5. The molecule has 1 heterocycles. The highest BCUT2D eigenvalue weighted by molar-refractivity contribution is 9.10. The number of nitrogens with zero attached hydrogens (tertiary/aromatic N) is 1. The van der Waals surface area contributed by atoms with Crippen molar-refractivity contribution >= 4 is 21.9 Å². The Morgan fingerprint density at radius 3 is 2.84 bits per heavy atom. The lowest BCUT2D eigenvalue weighted by molar-refractivity contribution is 0.0559. The minimum atomic E-state index is -0.569. The molecule has 0 aliphatic rings. The van der Waals surface area contributed by atoms with Crippen LogP contribution < -0.4 is 0 Å². The van der Waals surface area contributed by atoms with Gasteiger partial charge in [0.2, 0.25) is 11.7 Å². The molecule has 2 rings (SSSR count). The van der Waals surface area contributed by atoms with Gasteiger partial charge in [0.25, 0.3) is 0 Å². The maximum atomic E-state index is 11.6. The second kappa shape index (κ2) is 5.99. The van der Waals surface area contributed by atoms with Gasteiger partial charge < -0.3 is 13.9 Å². The minimum Gasteiger partial charge on any atom is -0.463 e. The Kier molecular flexibility index (Phi) is 4.34. The standard InChI is InChI=1S/C13H12BrNO4/c1-17-7-10-11(13(16)18-2)19-12(15-10)8-4-3-5-9(14)6-8/h3-6H,7H2,1-2H3. The number of halogens is 1. The quantitative estimate of drug-likeness (QED) is 0.808. The molecule has 0 N–H and O–H groups in total. The molecule has 0 saturated heterocycles. The van der Waals surface area contributed by atoms with Crippen LogP contribution in [0.5, 0.6) is 0 Å². The van der Waals surface area contributed by atoms with Gasteiger partial charge in [0.05, 0.1) is 13.7 Å². The van der Waals surface area contributed by atoms with E-state index in [9.17, 15) is 4.79 Å². The van der Waals surface area contributed by atoms with E-state index in [-0.39, 0.29) is 12.4 Å². The molecule has 5 nitrogen and oxygen atoms in total. The van der Waals surface area contributed by atoms with Crippen molar-refractivity contribution in [1.82, 2.24) is 4.98 Å². The third kappa shape index (κ3) is 3.02. The van der Waals surface area contributed by atoms with Crippen LogP contribution in [0, 0.1) is 0 Å². The highest BCUT2D eigenvalue weighted by Gasteiger charge is 2.21. The summed E-state index contributed by atoms with van der Waals surface area (Å²) in [6, 6.07) is 7.44. The Morgan fingerprint density at radius 1 is 1.42 bits per heavy atom. The van der Waals surface area contributed by atoms with Crippen molar-refractivity contribution in [3.8, 4) is 11.5 Å². The zero-order chi connectivity index (χ0) is 13.8. The third-order valence-electron chi connectivity index (χ3n) is 2.42. The van der Waals surface area contributed by atoms with E-state index in [1.807, 2.05) is 24.3 Å². The Balaban J connectivity index is 2.45. The lowest BCUT2D eigenvalue weighted by Crippen LogP contribution is -2.04. The van der Waals surface area contributed by atoms with E-state index in [4.69, 9.17) is 9.15 Å². The first-order valence-corrected chi connectivity index (χ1v) is 6.28. The average Bonchev–Trinajstić information content (AvgIpc) is 2.82. The molecule has 100 valence electrons. The number of esters is 1. The summed E-state index contributed by atoms with van der Waals surface area (Å²) in [5, 5.41) is 0. The van der Waals surface area contributed by atoms with Crippen LogP contribution in [-0.4, -0.2) is 25.2 Å². The minimum absolute atomic E-state index is 0.0688. The molecule has 0 bridgehead atoms. The summed E-state index contributed by atoms with van der Waals surface area (Å²) in [6.07, 6.45) is 0. The predicted octanol–water partition coefficient (Wildman–Crippen LogP) is 3.04. The summed E-state index contributed by atoms with van der Waals surface area (Å²) in [5.74, 6) is -0.145. The van der Waals surface area contributed by atoms with Gasteiger partial charge in [-0.2, -0.15) is 0 Å². The molecule has 0 radical (unpaired) electrons.